The van der Waals surface area contributed by atoms with Crippen LogP contribution in [-0.4, -0.2) is 29.2 Å². The molecule has 1 fully saturated rings. The second kappa shape index (κ2) is 5.12. The van der Waals surface area contributed by atoms with E-state index < -0.39 is 0 Å². The van der Waals surface area contributed by atoms with E-state index in [0.29, 0.717) is 17.7 Å². The van der Waals surface area contributed by atoms with Gasteiger partial charge in [-0.05, 0) is 12.8 Å². The molecule has 1 aliphatic rings. The van der Waals surface area contributed by atoms with Gasteiger partial charge in [-0.15, -0.1) is 0 Å². The number of nitrogens with zero attached hydrogens (tertiary/aromatic N) is 2. The third-order valence-corrected chi connectivity index (χ3v) is 3.00. The lowest BCUT2D eigenvalue weighted by Crippen LogP contribution is -2.42. The number of aromatic nitrogens is 2. The van der Waals surface area contributed by atoms with Crippen LogP contribution >= 0.6 is 0 Å². The van der Waals surface area contributed by atoms with Gasteiger partial charge in [0.15, 0.2) is 5.75 Å². The Labute approximate surface area is 95.4 Å². The predicted octanol–water partition coefficient (Wildman–Crippen LogP) is 1.17. The van der Waals surface area contributed by atoms with Gasteiger partial charge in [0.1, 0.15) is 0 Å². The van der Waals surface area contributed by atoms with Crippen molar-refractivity contribution in [2.24, 2.45) is 5.73 Å². The molecular weight excluding hydrogens is 204 g/mol. The van der Waals surface area contributed by atoms with Crippen molar-refractivity contribution >= 4 is 5.95 Å². The van der Waals surface area contributed by atoms with Gasteiger partial charge in [-0.25, -0.2) is 9.97 Å². The lowest BCUT2D eigenvalue weighted by atomic mass is 9.91. The van der Waals surface area contributed by atoms with Crippen molar-refractivity contribution in [1.29, 1.82) is 0 Å². The first-order valence-corrected chi connectivity index (χ1v) is 5.68. The zero-order valence-corrected chi connectivity index (χ0v) is 9.52. The van der Waals surface area contributed by atoms with Crippen LogP contribution in [0.25, 0.3) is 0 Å². The van der Waals surface area contributed by atoms with E-state index in [0.717, 1.165) is 12.8 Å². The summed E-state index contributed by atoms with van der Waals surface area (Å²) in [4.78, 5) is 8.35. The molecule has 0 radical (unpaired) electrons. The summed E-state index contributed by atoms with van der Waals surface area (Å²) >= 11 is 0. The quantitative estimate of drug-likeness (QED) is 0.803. The Morgan fingerprint density at radius 2 is 2.00 bits per heavy atom. The normalized spacial score (nSPS) is 25.1. The van der Waals surface area contributed by atoms with Gasteiger partial charge in [0.05, 0.1) is 19.5 Å². The maximum Gasteiger partial charge on any atom is 0.223 e. The van der Waals surface area contributed by atoms with E-state index in [1.54, 1.807) is 19.5 Å². The summed E-state index contributed by atoms with van der Waals surface area (Å²) in [5.41, 5.74) is 6.04. The second-order valence-corrected chi connectivity index (χ2v) is 4.15. The molecule has 0 spiro atoms. The van der Waals surface area contributed by atoms with E-state index in [1.807, 2.05) is 0 Å². The molecule has 2 rings (SSSR count). The van der Waals surface area contributed by atoms with E-state index in [2.05, 4.69) is 15.3 Å². The zero-order valence-electron chi connectivity index (χ0n) is 9.52. The summed E-state index contributed by atoms with van der Waals surface area (Å²) in [5.74, 6) is 1.29. The standard InChI is InChI=1S/C11H18N4O/c1-16-8-6-13-11(14-7-8)15-10-5-3-2-4-9(10)12/h6-7,9-10H,2-5,12H2,1H3,(H,13,14,15). The predicted molar refractivity (Wildman–Crippen MR) is 62.4 cm³/mol. The van der Waals surface area contributed by atoms with Gasteiger partial charge in [0, 0.05) is 12.1 Å². The lowest BCUT2D eigenvalue weighted by molar-refractivity contribution is 0.400. The van der Waals surface area contributed by atoms with Crippen LogP contribution in [0.5, 0.6) is 5.75 Å². The first-order chi connectivity index (χ1) is 7.79. The monoisotopic (exact) mass is 222 g/mol. The topological polar surface area (TPSA) is 73.1 Å². The highest BCUT2D eigenvalue weighted by Gasteiger charge is 2.21. The number of rotatable bonds is 3. The lowest BCUT2D eigenvalue weighted by Gasteiger charge is -2.29. The highest BCUT2D eigenvalue weighted by molar-refractivity contribution is 5.29. The van der Waals surface area contributed by atoms with E-state index in [-0.39, 0.29) is 6.04 Å². The number of hydrogen-bond donors (Lipinski definition) is 2. The second-order valence-electron chi connectivity index (χ2n) is 4.15. The number of methoxy groups -OCH3 is 1. The fraction of sp³-hybridized carbons (Fsp3) is 0.636. The first kappa shape index (κ1) is 11.1. The maximum atomic E-state index is 6.04. The van der Waals surface area contributed by atoms with Gasteiger partial charge in [0.25, 0.3) is 0 Å². The van der Waals surface area contributed by atoms with Gasteiger partial charge in [-0.1, -0.05) is 12.8 Å². The van der Waals surface area contributed by atoms with Crippen molar-refractivity contribution < 1.29 is 4.74 Å². The molecule has 2 unspecified atom stereocenters. The number of hydrogen-bond acceptors (Lipinski definition) is 5. The summed E-state index contributed by atoms with van der Waals surface area (Å²) in [7, 11) is 1.60. The van der Waals surface area contributed by atoms with Crippen LogP contribution in [0, 0.1) is 0 Å². The summed E-state index contributed by atoms with van der Waals surface area (Å²) in [5, 5.41) is 3.28. The van der Waals surface area contributed by atoms with Crippen LogP contribution in [0.15, 0.2) is 12.4 Å². The molecule has 3 N–H and O–H groups in total. The summed E-state index contributed by atoms with van der Waals surface area (Å²) in [6, 6.07) is 0.501. The van der Waals surface area contributed by atoms with E-state index in [1.165, 1.54) is 12.8 Å². The molecule has 1 aromatic heterocycles. The fourth-order valence-electron chi connectivity index (χ4n) is 2.00. The Hall–Kier alpha value is -1.36. The van der Waals surface area contributed by atoms with Crippen LogP contribution in [0.3, 0.4) is 0 Å². The zero-order chi connectivity index (χ0) is 11.4. The van der Waals surface area contributed by atoms with Crippen molar-refractivity contribution in [2.45, 2.75) is 37.8 Å². The maximum absolute atomic E-state index is 6.04. The molecule has 0 aromatic carbocycles. The van der Waals surface area contributed by atoms with Gasteiger partial charge < -0.3 is 15.8 Å². The molecule has 5 nitrogen and oxygen atoms in total. The molecule has 1 saturated carbocycles. The third kappa shape index (κ3) is 2.61. The van der Waals surface area contributed by atoms with Gasteiger partial charge in [-0.3, -0.25) is 0 Å². The molecule has 1 aliphatic carbocycles. The summed E-state index contributed by atoms with van der Waals surface area (Å²) in [6.07, 6.45) is 7.93. The van der Waals surface area contributed by atoms with Crippen LogP contribution in [0.4, 0.5) is 5.95 Å². The van der Waals surface area contributed by atoms with Crippen LogP contribution in [-0.2, 0) is 0 Å². The Morgan fingerprint density at radius 1 is 1.31 bits per heavy atom. The molecule has 1 aromatic rings. The van der Waals surface area contributed by atoms with Crippen molar-refractivity contribution in [3.63, 3.8) is 0 Å². The van der Waals surface area contributed by atoms with Crippen molar-refractivity contribution in [2.75, 3.05) is 12.4 Å². The average Bonchev–Trinajstić information content (AvgIpc) is 2.33. The third-order valence-electron chi connectivity index (χ3n) is 3.00. The summed E-state index contributed by atoms with van der Waals surface area (Å²) < 4.78 is 5.00. The molecule has 0 aliphatic heterocycles. The van der Waals surface area contributed by atoms with Crippen molar-refractivity contribution in [1.82, 2.24) is 9.97 Å². The number of ether oxygens (including phenoxy) is 1. The molecule has 2 atom stereocenters. The highest BCUT2D eigenvalue weighted by atomic mass is 16.5. The smallest absolute Gasteiger partial charge is 0.223 e. The Kier molecular flexibility index (Phi) is 3.56. The molecule has 1 heterocycles. The highest BCUT2D eigenvalue weighted by Crippen LogP contribution is 2.19. The van der Waals surface area contributed by atoms with Gasteiger partial charge >= 0.3 is 0 Å². The van der Waals surface area contributed by atoms with E-state index in [9.17, 15) is 0 Å². The number of nitrogens with one attached hydrogen (secondary N) is 1. The van der Waals surface area contributed by atoms with Gasteiger partial charge in [0.2, 0.25) is 5.95 Å². The Balaban J connectivity index is 1.96. The van der Waals surface area contributed by atoms with Crippen LogP contribution < -0.4 is 15.8 Å². The minimum Gasteiger partial charge on any atom is -0.494 e. The molecule has 0 amide bonds. The summed E-state index contributed by atoms with van der Waals surface area (Å²) in [6.45, 7) is 0. The SMILES string of the molecule is COc1cnc(NC2CCCCC2N)nc1. The molecule has 16 heavy (non-hydrogen) atoms. The molecular formula is C11H18N4O. The minimum absolute atomic E-state index is 0.208. The molecule has 88 valence electrons. The molecule has 0 bridgehead atoms. The van der Waals surface area contributed by atoms with Gasteiger partial charge in [-0.2, -0.15) is 0 Å². The number of nitrogens with two attached hydrogens (primary N) is 1. The largest absolute Gasteiger partial charge is 0.494 e. The van der Waals surface area contributed by atoms with Crippen molar-refractivity contribution in [3.05, 3.63) is 12.4 Å². The molecule has 0 saturated heterocycles. The Bertz CT molecular complexity index is 327. The van der Waals surface area contributed by atoms with Crippen LogP contribution in [0.1, 0.15) is 25.7 Å². The van der Waals surface area contributed by atoms with E-state index >= 15 is 0 Å². The molecule has 5 heteroatoms. The van der Waals surface area contributed by atoms with Crippen molar-refractivity contribution in [3.8, 4) is 5.75 Å². The average molecular weight is 222 g/mol. The van der Waals surface area contributed by atoms with E-state index in [4.69, 9.17) is 10.5 Å². The number of anilines is 1. The fourth-order valence-corrected chi connectivity index (χ4v) is 2.00. The Morgan fingerprint density at radius 3 is 2.62 bits per heavy atom. The minimum atomic E-state index is 0.208. The van der Waals surface area contributed by atoms with Crippen LogP contribution in [0.2, 0.25) is 0 Å². The first-order valence-electron chi connectivity index (χ1n) is 5.68.